The standard InChI is InChI=1S/C11H14N2O2/c1-11(2)6-12-7-4-5-8(10(14)15-3)13-9(7)11/h4-5,12H,6H2,1-3H3. The van der Waals surface area contributed by atoms with Gasteiger partial charge in [0.05, 0.1) is 18.5 Å². The van der Waals surface area contributed by atoms with Crippen LogP contribution in [0.25, 0.3) is 0 Å². The zero-order valence-electron chi connectivity index (χ0n) is 9.13. The Balaban J connectivity index is 2.46. The summed E-state index contributed by atoms with van der Waals surface area (Å²) in [6.45, 7) is 5.04. The van der Waals surface area contributed by atoms with Crippen LogP contribution in [-0.2, 0) is 10.2 Å². The van der Waals surface area contributed by atoms with Crippen molar-refractivity contribution < 1.29 is 9.53 Å². The van der Waals surface area contributed by atoms with Crippen molar-refractivity contribution in [2.45, 2.75) is 19.3 Å². The number of hydrogen-bond donors (Lipinski definition) is 1. The molecular formula is C11H14N2O2. The molecule has 0 fully saturated rings. The highest BCUT2D eigenvalue weighted by atomic mass is 16.5. The number of fused-ring (bicyclic) bond motifs is 1. The van der Waals surface area contributed by atoms with Crippen LogP contribution in [0, 0.1) is 0 Å². The van der Waals surface area contributed by atoms with Gasteiger partial charge >= 0.3 is 5.97 Å². The van der Waals surface area contributed by atoms with E-state index in [1.165, 1.54) is 7.11 Å². The molecule has 0 spiro atoms. The van der Waals surface area contributed by atoms with Gasteiger partial charge in [0.15, 0.2) is 0 Å². The quantitative estimate of drug-likeness (QED) is 0.709. The Morgan fingerprint density at radius 2 is 2.27 bits per heavy atom. The molecule has 0 aromatic carbocycles. The van der Waals surface area contributed by atoms with Gasteiger partial charge in [-0.05, 0) is 12.1 Å². The first kappa shape index (κ1) is 9.96. The predicted molar refractivity (Wildman–Crippen MR) is 57.1 cm³/mol. The van der Waals surface area contributed by atoms with Gasteiger partial charge in [0.1, 0.15) is 5.69 Å². The Labute approximate surface area is 88.7 Å². The minimum Gasteiger partial charge on any atom is -0.464 e. The fraction of sp³-hybridized carbons (Fsp3) is 0.455. The van der Waals surface area contributed by atoms with E-state index in [1.54, 1.807) is 6.07 Å². The fourth-order valence-electron chi connectivity index (χ4n) is 1.74. The van der Waals surface area contributed by atoms with Crippen molar-refractivity contribution >= 4 is 11.7 Å². The number of carbonyl (C=O) groups excluding carboxylic acids is 1. The summed E-state index contributed by atoms with van der Waals surface area (Å²) in [5.74, 6) is -0.388. The summed E-state index contributed by atoms with van der Waals surface area (Å²) >= 11 is 0. The summed E-state index contributed by atoms with van der Waals surface area (Å²) in [6, 6.07) is 3.56. The van der Waals surface area contributed by atoms with E-state index in [2.05, 4.69) is 28.9 Å². The van der Waals surface area contributed by atoms with Crippen LogP contribution in [-0.4, -0.2) is 24.6 Å². The molecule has 1 aliphatic rings. The SMILES string of the molecule is COC(=O)c1ccc2c(n1)C(C)(C)CN2. The van der Waals surface area contributed by atoms with E-state index in [-0.39, 0.29) is 11.4 Å². The van der Waals surface area contributed by atoms with Gasteiger partial charge in [0, 0.05) is 12.0 Å². The van der Waals surface area contributed by atoms with Gasteiger partial charge in [0.25, 0.3) is 0 Å². The van der Waals surface area contributed by atoms with Crippen molar-refractivity contribution in [3.63, 3.8) is 0 Å². The van der Waals surface area contributed by atoms with Crippen LogP contribution in [0.15, 0.2) is 12.1 Å². The molecule has 1 aromatic heterocycles. The van der Waals surface area contributed by atoms with E-state index in [0.717, 1.165) is 17.9 Å². The van der Waals surface area contributed by atoms with Crippen LogP contribution < -0.4 is 5.32 Å². The minimum absolute atomic E-state index is 0.0284. The smallest absolute Gasteiger partial charge is 0.356 e. The summed E-state index contributed by atoms with van der Waals surface area (Å²) in [5, 5.41) is 3.26. The number of rotatable bonds is 1. The second kappa shape index (κ2) is 3.22. The monoisotopic (exact) mass is 206 g/mol. The minimum atomic E-state index is -0.388. The summed E-state index contributed by atoms with van der Waals surface area (Å²) in [6.07, 6.45) is 0. The van der Waals surface area contributed by atoms with Crippen LogP contribution in [0.3, 0.4) is 0 Å². The third-order valence-electron chi connectivity index (χ3n) is 2.65. The lowest BCUT2D eigenvalue weighted by Gasteiger charge is -2.15. The zero-order chi connectivity index (χ0) is 11.1. The first-order chi connectivity index (χ1) is 7.04. The van der Waals surface area contributed by atoms with Gasteiger partial charge in [-0.1, -0.05) is 13.8 Å². The van der Waals surface area contributed by atoms with Crippen LogP contribution in [0.2, 0.25) is 0 Å². The molecule has 0 saturated heterocycles. The topological polar surface area (TPSA) is 51.2 Å². The van der Waals surface area contributed by atoms with E-state index in [0.29, 0.717) is 5.69 Å². The first-order valence-electron chi connectivity index (χ1n) is 4.88. The number of carbonyl (C=O) groups is 1. The molecule has 0 bridgehead atoms. The molecule has 0 atom stereocenters. The van der Waals surface area contributed by atoms with Crippen LogP contribution in [0.4, 0.5) is 5.69 Å². The van der Waals surface area contributed by atoms with Crippen molar-refractivity contribution in [3.8, 4) is 0 Å². The van der Waals surface area contributed by atoms with E-state index < -0.39 is 0 Å². The number of ether oxygens (including phenoxy) is 1. The molecule has 1 aliphatic heterocycles. The van der Waals surface area contributed by atoms with Gasteiger partial charge in [-0.25, -0.2) is 9.78 Å². The Morgan fingerprint density at radius 3 is 2.93 bits per heavy atom. The van der Waals surface area contributed by atoms with Crippen molar-refractivity contribution in [3.05, 3.63) is 23.5 Å². The van der Waals surface area contributed by atoms with E-state index in [4.69, 9.17) is 0 Å². The number of pyridine rings is 1. The van der Waals surface area contributed by atoms with Gasteiger partial charge in [-0.3, -0.25) is 0 Å². The molecule has 15 heavy (non-hydrogen) atoms. The van der Waals surface area contributed by atoms with Gasteiger partial charge in [0.2, 0.25) is 0 Å². The molecular weight excluding hydrogens is 192 g/mol. The lowest BCUT2D eigenvalue weighted by Crippen LogP contribution is -2.21. The molecule has 1 aromatic rings. The molecule has 2 heterocycles. The van der Waals surface area contributed by atoms with E-state index >= 15 is 0 Å². The fourth-order valence-corrected chi connectivity index (χ4v) is 1.74. The molecule has 80 valence electrons. The van der Waals surface area contributed by atoms with Crippen molar-refractivity contribution in [1.82, 2.24) is 4.98 Å². The highest BCUT2D eigenvalue weighted by molar-refractivity contribution is 5.87. The molecule has 4 nitrogen and oxygen atoms in total. The molecule has 1 N–H and O–H groups in total. The maximum Gasteiger partial charge on any atom is 0.356 e. The molecule has 0 amide bonds. The van der Waals surface area contributed by atoms with Crippen molar-refractivity contribution in [2.24, 2.45) is 0 Å². The van der Waals surface area contributed by atoms with E-state index in [1.807, 2.05) is 6.07 Å². The molecule has 0 radical (unpaired) electrons. The number of nitrogens with zero attached hydrogens (tertiary/aromatic N) is 1. The maximum atomic E-state index is 11.3. The number of esters is 1. The second-order valence-corrected chi connectivity index (χ2v) is 4.32. The average Bonchev–Trinajstić information content (AvgIpc) is 2.53. The largest absolute Gasteiger partial charge is 0.464 e. The molecule has 0 unspecified atom stereocenters. The van der Waals surface area contributed by atoms with Crippen LogP contribution in [0.5, 0.6) is 0 Å². The lowest BCUT2D eigenvalue weighted by molar-refractivity contribution is 0.0593. The first-order valence-corrected chi connectivity index (χ1v) is 4.88. The Bertz CT molecular complexity index is 413. The number of methoxy groups -OCH3 is 1. The number of hydrogen-bond acceptors (Lipinski definition) is 4. The Kier molecular flexibility index (Phi) is 2.14. The number of aromatic nitrogens is 1. The molecule has 0 saturated carbocycles. The van der Waals surface area contributed by atoms with E-state index in [9.17, 15) is 4.79 Å². The number of nitrogens with one attached hydrogen (secondary N) is 1. The predicted octanol–water partition coefficient (Wildman–Crippen LogP) is 1.57. The molecule has 2 rings (SSSR count). The molecule has 4 heteroatoms. The van der Waals surface area contributed by atoms with Crippen molar-refractivity contribution in [1.29, 1.82) is 0 Å². The summed E-state index contributed by atoms with van der Waals surface area (Å²) in [7, 11) is 1.36. The highest BCUT2D eigenvalue weighted by Crippen LogP contribution is 2.34. The van der Waals surface area contributed by atoms with Crippen LogP contribution >= 0.6 is 0 Å². The maximum absolute atomic E-state index is 11.3. The highest BCUT2D eigenvalue weighted by Gasteiger charge is 2.32. The third kappa shape index (κ3) is 1.56. The van der Waals surface area contributed by atoms with Gasteiger partial charge in [-0.15, -0.1) is 0 Å². The normalized spacial score (nSPS) is 16.7. The van der Waals surface area contributed by atoms with Gasteiger partial charge in [-0.2, -0.15) is 0 Å². The molecule has 0 aliphatic carbocycles. The summed E-state index contributed by atoms with van der Waals surface area (Å²) in [5.41, 5.74) is 2.28. The third-order valence-corrected chi connectivity index (χ3v) is 2.65. The van der Waals surface area contributed by atoms with Crippen molar-refractivity contribution in [2.75, 3.05) is 19.0 Å². The average molecular weight is 206 g/mol. The second-order valence-electron chi connectivity index (χ2n) is 4.32. The summed E-state index contributed by atoms with van der Waals surface area (Å²) in [4.78, 5) is 15.7. The van der Waals surface area contributed by atoms with Crippen LogP contribution in [0.1, 0.15) is 30.0 Å². The Hall–Kier alpha value is -1.58. The number of anilines is 1. The summed E-state index contributed by atoms with van der Waals surface area (Å²) < 4.78 is 4.64. The zero-order valence-corrected chi connectivity index (χ0v) is 9.13. The Morgan fingerprint density at radius 1 is 1.53 bits per heavy atom. The lowest BCUT2D eigenvalue weighted by atomic mass is 9.91. The van der Waals surface area contributed by atoms with Gasteiger partial charge < -0.3 is 10.1 Å².